The summed E-state index contributed by atoms with van der Waals surface area (Å²) in [5, 5.41) is 16.6. The van der Waals surface area contributed by atoms with Gasteiger partial charge in [-0.2, -0.15) is 0 Å². The molecule has 6 heteroatoms. The predicted octanol–water partition coefficient (Wildman–Crippen LogP) is 3.24. The summed E-state index contributed by atoms with van der Waals surface area (Å²) in [6.45, 7) is 3.75. The summed E-state index contributed by atoms with van der Waals surface area (Å²) in [6, 6.07) is 6.35. The minimum atomic E-state index is -1.13. The summed E-state index contributed by atoms with van der Waals surface area (Å²) < 4.78 is 5.50. The van der Waals surface area contributed by atoms with E-state index in [4.69, 9.17) is 21.4 Å². The van der Waals surface area contributed by atoms with Crippen LogP contribution < -0.4 is 4.74 Å². The number of nitrogens with zero attached hydrogens (tertiary/aromatic N) is 2. The average Bonchev–Trinajstić information content (AvgIpc) is 2.36. The van der Waals surface area contributed by atoms with Crippen LogP contribution in [0, 0.1) is 13.8 Å². The molecule has 0 unspecified atom stereocenters. The number of aryl methyl sites for hydroxylation is 2. The second kappa shape index (κ2) is 5.24. The molecule has 0 radical (unpaired) electrons. The number of aromatic nitrogens is 2. The summed E-state index contributed by atoms with van der Waals surface area (Å²) in [5.41, 5.74) is 1.66. The van der Waals surface area contributed by atoms with E-state index in [1.807, 2.05) is 13.8 Å². The van der Waals surface area contributed by atoms with E-state index < -0.39 is 5.97 Å². The highest BCUT2D eigenvalue weighted by Gasteiger charge is 2.08. The number of hydrogen-bond donors (Lipinski definition) is 1. The lowest BCUT2D eigenvalue weighted by atomic mass is 10.1. The van der Waals surface area contributed by atoms with Crippen LogP contribution in [0.1, 0.15) is 21.6 Å². The van der Waals surface area contributed by atoms with Crippen molar-refractivity contribution in [3.8, 4) is 11.6 Å². The van der Waals surface area contributed by atoms with E-state index in [0.29, 0.717) is 10.8 Å². The van der Waals surface area contributed by atoms with Crippen LogP contribution in [0.2, 0.25) is 5.02 Å². The fourth-order valence-corrected chi connectivity index (χ4v) is 1.68. The normalized spacial score (nSPS) is 10.3. The van der Waals surface area contributed by atoms with Gasteiger partial charge in [-0.05, 0) is 43.2 Å². The second-order valence-electron chi connectivity index (χ2n) is 4.04. The fourth-order valence-electron chi connectivity index (χ4n) is 1.57. The van der Waals surface area contributed by atoms with E-state index in [2.05, 4.69) is 10.2 Å². The molecule has 1 N–H and O–H groups in total. The van der Waals surface area contributed by atoms with Crippen molar-refractivity contribution in [2.24, 2.45) is 0 Å². The largest absolute Gasteiger partial charge is 0.476 e. The van der Waals surface area contributed by atoms with Gasteiger partial charge in [0.2, 0.25) is 5.88 Å². The molecule has 0 amide bonds. The van der Waals surface area contributed by atoms with E-state index in [1.54, 1.807) is 12.1 Å². The Morgan fingerprint density at radius 2 is 1.84 bits per heavy atom. The molecule has 0 spiro atoms. The highest BCUT2D eigenvalue weighted by Crippen LogP contribution is 2.28. The van der Waals surface area contributed by atoms with Crippen molar-refractivity contribution in [2.75, 3.05) is 0 Å². The highest BCUT2D eigenvalue weighted by atomic mass is 35.5. The van der Waals surface area contributed by atoms with Crippen molar-refractivity contribution in [1.82, 2.24) is 10.2 Å². The van der Waals surface area contributed by atoms with Gasteiger partial charge < -0.3 is 9.84 Å². The standard InChI is InChI=1S/C13H11ClN2O3/c1-7-5-9(6-8(2)12(7)14)19-11-4-3-10(13(17)18)15-16-11/h3-6H,1-2H3,(H,17,18). The van der Waals surface area contributed by atoms with E-state index in [0.717, 1.165) is 11.1 Å². The van der Waals surface area contributed by atoms with Gasteiger partial charge in [-0.15, -0.1) is 10.2 Å². The molecular weight excluding hydrogens is 268 g/mol. The third-order valence-corrected chi connectivity index (χ3v) is 3.09. The molecule has 0 saturated heterocycles. The number of carboxylic acid groups (broad SMARTS) is 1. The molecule has 5 nitrogen and oxygen atoms in total. The number of benzene rings is 1. The highest BCUT2D eigenvalue weighted by molar-refractivity contribution is 6.32. The van der Waals surface area contributed by atoms with E-state index >= 15 is 0 Å². The van der Waals surface area contributed by atoms with Crippen LogP contribution in [0.3, 0.4) is 0 Å². The summed E-state index contributed by atoms with van der Waals surface area (Å²) in [5.74, 6) is -0.319. The van der Waals surface area contributed by atoms with Crippen LogP contribution in [0.25, 0.3) is 0 Å². The van der Waals surface area contributed by atoms with Gasteiger partial charge in [0.1, 0.15) is 5.75 Å². The van der Waals surface area contributed by atoms with Gasteiger partial charge >= 0.3 is 5.97 Å². The Hall–Kier alpha value is -2.14. The van der Waals surface area contributed by atoms with Crippen molar-refractivity contribution in [3.05, 3.63) is 46.1 Å². The summed E-state index contributed by atoms with van der Waals surface area (Å²) in [4.78, 5) is 10.6. The molecule has 0 bridgehead atoms. The molecule has 2 rings (SSSR count). The molecule has 1 heterocycles. The third-order valence-electron chi connectivity index (χ3n) is 2.49. The minimum absolute atomic E-state index is 0.129. The van der Waals surface area contributed by atoms with Crippen molar-refractivity contribution in [2.45, 2.75) is 13.8 Å². The molecule has 0 aliphatic rings. The van der Waals surface area contributed by atoms with Gasteiger partial charge in [0.05, 0.1) is 0 Å². The minimum Gasteiger partial charge on any atom is -0.476 e. The van der Waals surface area contributed by atoms with E-state index in [-0.39, 0.29) is 11.6 Å². The maximum absolute atomic E-state index is 10.6. The van der Waals surface area contributed by atoms with Crippen molar-refractivity contribution in [3.63, 3.8) is 0 Å². The predicted molar refractivity (Wildman–Crippen MR) is 70.0 cm³/mol. The Labute approximate surface area is 114 Å². The maximum Gasteiger partial charge on any atom is 0.356 e. The number of ether oxygens (including phenoxy) is 1. The zero-order valence-electron chi connectivity index (χ0n) is 10.3. The van der Waals surface area contributed by atoms with Crippen LogP contribution in [-0.2, 0) is 0 Å². The van der Waals surface area contributed by atoms with Crippen molar-refractivity contribution < 1.29 is 14.6 Å². The quantitative estimate of drug-likeness (QED) is 0.933. The van der Waals surface area contributed by atoms with E-state index in [1.165, 1.54) is 12.1 Å². The zero-order chi connectivity index (χ0) is 14.0. The average molecular weight is 279 g/mol. The first-order valence-electron chi connectivity index (χ1n) is 5.49. The number of hydrogen-bond acceptors (Lipinski definition) is 4. The Morgan fingerprint density at radius 3 is 2.32 bits per heavy atom. The topological polar surface area (TPSA) is 72.3 Å². The number of aromatic carboxylic acids is 1. The van der Waals surface area contributed by atoms with Gasteiger partial charge in [-0.1, -0.05) is 11.6 Å². The molecule has 0 fully saturated rings. The second-order valence-corrected chi connectivity index (χ2v) is 4.41. The van der Waals surface area contributed by atoms with Crippen molar-refractivity contribution >= 4 is 17.6 Å². The van der Waals surface area contributed by atoms with Crippen LogP contribution in [-0.4, -0.2) is 21.3 Å². The zero-order valence-corrected chi connectivity index (χ0v) is 11.1. The van der Waals surface area contributed by atoms with Crippen LogP contribution >= 0.6 is 11.6 Å². The molecule has 1 aromatic heterocycles. The van der Waals surface area contributed by atoms with Gasteiger partial charge in [0.15, 0.2) is 5.69 Å². The SMILES string of the molecule is Cc1cc(Oc2ccc(C(=O)O)nn2)cc(C)c1Cl. The molecule has 0 aliphatic heterocycles. The molecular formula is C13H11ClN2O3. The third kappa shape index (κ3) is 3.00. The lowest BCUT2D eigenvalue weighted by Crippen LogP contribution is -2.02. The fraction of sp³-hybridized carbons (Fsp3) is 0.154. The molecule has 19 heavy (non-hydrogen) atoms. The Morgan fingerprint density at radius 1 is 1.21 bits per heavy atom. The monoisotopic (exact) mass is 278 g/mol. The van der Waals surface area contributed by atoms with Crippen LogP contribution in [0.4, 0.5) is 0 Å². The smallest absolute Gasteiger partial charge is 0.356 e. The van der Waals surface area contributed by atoms with Gasteiger partial charge in [-0.3, -0.25) is 0 Å². The van der Waals surface area contributed by atoms with E-state index in [9.17, 15) is 4.79 Å². The maximum atomic E-state index is 10.6. The first kappa shape index (κ1) is 13.3. The molecule has 0 saturated carbocycles. The lowest BCUT2D eigenvalue weighted by Gasteiger charge is -2.08. The van der Waals surface area contributed by atoms with Gasteiger partial charge in [0.25, 0.3) is 0 Å². The van der Waals surface area contributed by atoms with Crippen LogP contribution in [0.5, 0.6) is 11.6 Å². The summed E-state index contributed by atoms with van der Waals surface area (Å²) in [7, 11) is 0. The number of carboxylic acids is 1. The molecule has 0 atom stereocenters. The summed E-state index contributed by atoms with van der Waals surface area (Å²) in [6.07, 6.45) is 0. The van der Waals surface area contributed by atoms with Gasteiger partial charge in [-0.25, -0.2) is 4.79 Å². The number of rotatable bonds is 3. The first-order valence-corrected chi connectivity index (χ1v) is 5.87. The van der Waals surface area contributed by atoms with Gasteiger partial charge in [0, 0.05) is 11.1 Å². The number of halogens is 1. The van der Waals surface area contributed by atoms with Crippen LogP contribution in [0.15, 0.2) is 24.3 Å². The molecule has 2 aromatic rings. The Balaban J connectivity index is 2.24. The lowest BCUT2D eigenvalue weighted by molar-refractivity contribution is 0.0689. The van der Waals surface area contributed by atoms with Crippen molar-refractivity contribution in [1.29, 1.82) is 0 Å². The summed E-state index contributed by atoms with van der Waals surface area (Å²) >= 11 is 6.06. The Kier molecular flexibility index (Phi) is 3.66. The first-order chi connectivity index (χ1) is 8.97. The number of carbonyl (C=O) groups is 1. The molecule has 0 aliphatic carbocycles. The molecule has 98 valence electrons. The molecule has 1 aromatic carbocycles. The Bertz CT molecular complexity index is 603.